The highest BCUT2D eigenvalue weighted by molar-refractivity contribution is 7.91. The Morgan fingerprint density at radius 1 is 1.00 bits per heavy atom. The van der Waals surface area contributed by atoms with E-state index in [1.54, 1.807) is 19.1 Å². The number of sulfone groups is 1. The van der Waals surface area contributed by atoms with Crippen LogP contribution in [0.1, 0.15) is 11.1 Å². The Morgan fingerprint density at radius 3 is 2.43 bits per heavy atom. The Kier molecular flexibility index (Phi) is 5.46. The Labute approximate surface area is 177 Å². The van der Waals surface area contributed by atoms with Gasteiger partial charge in [-0.2, -0.15) is 0 Å². The number of benzene rings is 2. The molecule has 0 spiro atoms. The van der Waals surface area contributed by atoms with Gasteiger partial charge in [0.05, 0.1) is 38.3 Å². The lowest BCUT2D eigenvalue weighted by molar-refractivity contribution is -0.123. The molecular weight excluding hydrogens is 404 g/mol. The number of amides is 1. The molecule has 30 heavy (non-hydrogen) atoms. The quantitative estimate of drug-likeness (QED) is 0.723. The first-order chi connectivity index (χ1) is 14.3. The van der Waals surface area contributed by atoms with E-state index in [0.29, 0.717) is 18.0 Å². The monoisotopic (exact) mass is 430 g/mol. The van der Waals surface area contributed by atoms with E-state index in [2.05, 4.69) is 0 Å². The summed E-state index contributed by atoms with van der Waals surface area (Å²) in [5.74, 6) is 1.19. The summed E-state index contributed by atoms with van der Waals surface area (Å²) < 4.78 is 35.7. The van der Waals surface area contributed by atoms with Gasteiger partial charge in [0.15, 0.2) is 21.3 Å². The topological polar surface area (TPSA) is 76.2 Å². The number of hydrogen-bond donors (Lipinski definition) is 0. The molecule has 160 valence electrons. The molecule has 0 radical (unpaired) electrons. The first kappa shape index (κ1) is 20.7. The number of hydrogen-bond acceptors (Lipinski definition) is 6. The van der Waals surface area contributed by atoms with Crippen LogP contribution < -0.4 is 14.4 Å². The molecule has 2 saturated heterocycles. The molecule has 2 aromatic rings. The third-order valence-corrected chi connectivity index (χ3v) is 7.51. The maximum absolute atomic E-state index is 13.1. The van der Waals surface area contributed by atoms with Gasteiger partial charge in [-0.1, -0.05) is 18.2 Å². The van der Waals surface area contributed by atoms with Crippen molar-refractivity contribution in [3.05, 3.63) is 53.6 Å². The summed E-state index contributed by atoms with van der Waals surface area (Å²) in [7, 11) is -0.0794. The Bertz CT molecular complexity index is 1070. The SMILES string of the molecule is COc1ccc(CN2CC(=O)N(c3cccc(C)c3)C3CS(=O)(=O)CC32)cc1OC. The number of carbonyl (C=O) groups excluding carboxylic acids is 1. The van der Waals surface area contributed by atoms with Crippen LogP contribution >= 0.6 is 0 Å². The second-order valence-electron chi connectivity index (χ2n) is 7.91. The Hall–Kier alpha value is -2.58. The van der Waals surface area contributed by atoms with E-state index in [4.69, 9.17) is 9.47 Å². The predicted octanol–water partition coefficient (Wildman–Crippen LogP) is 2.03. The Balaban J connectivity index is 1.65. The first-order valence-corrected chi connectivity index (χ1v) is 11.7. The van der Waals surface area contributed by atoms with Gasteiger partial charge in [0.2, 0.25) is 5.91 Å². The lowest BCUT2D eigenvalue weighted by Gasteiger charge is -2.43. The van der Waals surface area contributed by atoms with Crippen LogP contribution in [0, 0.1) is 6.92 Å². The molecule has 4 rings (SSSR count). The summed E-state index contributed by atoms with van der Waals surface area (Å²) >= 11 is 0. The summed E-state index contributed by atoms with van der Waals surface area (Å²) in [6.45, 7) is 2.59. The van der Waals surface area contributed by atoms with Gasteiger partial charge in [0, 0.05) is 18.3 Å². The summed E-state index contributed by atoms with van der Waals surface area (Å²) in [6, 6.07) is 12.6. The fourth-order valence-corrected chi connectivity index (χ4v) is 6.44. The number of rotatable bonds is 5. The minimum Gasteiger partial charge on any atom is -0.493 e. The molecule has 0 saturated carbocycles. The lowest BCUT2D eigenvalue weighted by atomic mass is 10.0. The molecule has 1 amide bonds. The van der Waals surface area contributed by atoms with E-state index < -0.39 is 15.9 Å². The van der Waals surface area contributed by atoms with Gasteiger partial charge in [0.1, 0.15) is 0 Å². The molecule has 2 heterocycles. The van der Waals surface area contributed by atoms with Gasteiger partial charge in [-0.05, 0) is 42.3 Å². The number of nitrogens with zero attached hydrogens (tertiary/aromatic N) is 2. The van der Waals surface area contributed by atoms with Crippen molar-refractivity contribution < 1.29 is 22.7 Å². The van der Waals surface area contributed by atoms with Crippen LogP contribution in [0.15, 0.2) is 42.5 Å². The van der Waals surface area contributed by atoms with Gasteiger partial charge in [-0.25, -0.2) is 8.42 Å². The number of aryl methyl sites for hydroxylation is 1. The summed E-state index contributed by atoms with van der Waals surface area (Å²) in [5.41, 5.74) is 2.73. The molecule has 2 atom stereocenters. The number of methoxy groups -OCH3 is 2. The average Bonchev–Trinajstić information content (AvgIpc) is 3.03. The van der Waals surface area contributed by atoms with Gasteiger partial charge in [-0.15, -0.1) is 0 Å². The fraction of sp³-hybridized carbons (Fsp3) is 0.409. The molecule has 0 bridgehead atoms. The van der Waals surface area contributed by atoms with Crippen LogP contribution in [0.25, 0.3) is 0 Å². The number of ether oxygens (including phenoxy) is 2. The zero-order chi connectivity index (χ0) is 21.5. The van der Waals surface area contributed by atoms with Crippen molar-refractivity contribution in [3.63, 3.8) is 0 Å². The molecule has 0 N–H and O–H groups in total. The second-order valence-corrected chi connectivity index (χ2v) is 10.1. The lowest BCUT2D eigenvalue weighted by Crippen LogP contribution is -2.61. The van der Waals surface area contributed by atoms with Gasteiger partial charge in [-0.3, -0.25) is 9.69 Å². The van der Waals surface area contributed by atoms with E-state index >= 15 is 0 Å². The van der Waals surface area contributed by atoms with Crippen LogP contribution in [-0.4, -0.2) is 63.6 Å². The second kappa shape index (κ2) is 7.92. The third kappa shape index (κ3) is 3.89. The summed E-state index contributed by atoms with van der Waals surface area (Å²) in [5, 5.41) is 0. The largest absolute Gasteiger partial charge is 0.493 e. The van der Waals surface area contributed by atoms with Crippen LogP contribution in [-0.2, 0) is 21.2 Å². The van der Waals surface area contributed by atoms with E-state index in [-0.39, 0.29) is 30.0 Å². The van der Waals surface area contributed by atoms with Crippen molar-refractivity contribution in [1.82, 2.24) is 4.90 Å². The van der Waals surface area contributed by atoms with Crippen LogP contribution in [0.5, 0.6) is 11.5 Å². The summed E-state index contributed by atoms with van der Waals surface area (Å²) in [4.78, 5) is 16.8. The van der Waals surface area contributed by atoms with Crippen molar-refractivity contribution >= 4 is 21.4 Å². The smallest absolute Gasteiger partial charge is 0.241 e. The molecule has 0 aromatic heterocycles. The molecule has 2 aliphatic heterocycles. The van der Waals surface area contributed by atoms with Crippen molar-refractivity contribution in [2.45, 2.75) is 25.6 Å². The molecule has 2 unspecified atom stereocenters. The Morgan fingerprint density at radius 2 is 1.73 bits per heavy atom. The van der Waals surface area contributed by atoms with E-state index in [1.165, 1.54) is 0 Å². The van der Waals surface area contributed by atoms with Crippen molar-refractivity contribution in [3.8, 4) is 11.5 Å². The van der Waals surface area contributed by atoms with Gasteiger partial charge >= 0.3 is 0 Å². The standard InChI is InChI=1S/C22H26N2O5S/c1-15-5-4-6-17(9-15)24-19-14-30(26,27)13-18(19)23(12-22(24)25)11-16-7-8-20(28-2)21(10-16)29-3/h4-10,18-19H,11-14H2,1-3H3. The molecule has 7 nitrogen and oxygen atoms in total. The maximum atomic E-state index is 13.1. The van der Waals surface area contributed by atoms with E-state index in [9.17, 15) is 13.2 Å². The average molecular weight is 431 g/mol. The predicted molar refractivity (Wildman–Crippen MR) is 115 cm³/mol. The maximum Gasteiger partial charge on any atom is 0.241 e. The first-order valence-electron chi connectivity index (χ1n) is 9.85. The van der Waals surface area contributed by atoms with Crippen LogP contribution in [0.3, 0.4) is 0 Å². The van der Waals surface area contributed by atoms with Crippen molar-refractivity contribution in [2.24, 2.45) is 0 Å². The molecular formula is C22H26N2O5S. The van der Waals surface area contributed by atoms with Gasteiger partial charge < -0.3 is 14.4 Å². The fourth-order valence-electron chi connectivity index (χ4n) is 4.46. The number of piperazine rings is 1. The van der Waals surface area contributed by atoms with Gasteiger partial charge in [0.25, 0.3) is 0 Å². The van der Waals surface area contributed by atoms with Crippen molar-refractivity contribution in [1.29, 1.82) is 0 Å². The zero-order valence-corrected chi connectivity index (χ0v) is 18.2. The number of carbonyl (C=O) groups is 1. The zero-order valence-electron chi connectivity index (χ0n) is 17.4. The molecule has 0 aliphatic carbocycles. The molecule has 2 aliphatic rings. The minimum absolute atomic E-state index is 0.0141. The minimum atomic E-state index is -3.23. The highest BCUT2D eigenvalue weighted by atomic mass is 32.2. The highest BCUT2D eigenvalue weighted by Gasteiger charge is 2.49. The molecule has 2 fully saturated rings. The molecule has 8 heteroatoms. The van der Waals surface area contributed by atoms with E-state index in [1.807, 2.05) is 54.3 Å². The normalized spacial score (nSPS) is 23.3. The highest BCUT2D eigenvalue weighted by Crippen LogP contribution is 2.34. The number of anilines is 1. The van der Waals surface area contributed by atoms with Crippen LogP contribution in [0.2, 0.25) is 0 Å². The van der Waals surface area contributed by atoms with Crippen molar-refractivity contribution in [2.75, 3.05) is 37.2 Å². The molecule has 2 aromatic carbocycles. The summed E-state index contributed by atoms with van der Waals surface area (Å²) in [6.07, 6.45) is 0. The third-order valence-electron chi connectivity index (χ3n) is 5.81. The number of fused-ring (bicyclic) bond motifs is 1. The van der Waals surface area contributed by atoms with E-state index in [0.717, 1.165) is 16.8 Å². The van der Waals surface area contributed by atoms with Crippen LogP contribution in [0.4, 0.5) is 5.69 Å².